The molecule has 0 fully saturated rings. The Morgan fingerprint density at radius 3 is 2.72 bits per heavy atom. The van der Waals surface area contributed by atoms with Gasteiger partial charge in [0.1, 0.15) is 0 Å². The van der Waals surface area contributed by atoms with Crippen molar-refractivity contribution < 1.29 is 9.90 Å². The quantitative estimate of drug-likeness (QED) is 0.737. The minimum absolute atomic E-state index is 0.254. The number of carbonyl (C=O) groups is 1. The number of hydrogen-bond acceptors (Lipinski definition) is 4. The van der Waals surface area contributed by atoms with Crippen molar-refractivity contribution >= 4 is 17.4 Å². The summed E-state index contributed by atoms with van der Waals surface area (Å²) in [6, 6.07) is -0.254. The zero-order valence-electron chi connectivity index (χ0n) is 11.1. The predicted octanol–water partition coefficient (Wildman–Crippen LogP) is 1.72. The summed E-state index contributed by atoms with van der Waals surface area (Å²) in [7, 11) is 0. The number of urea groups is 1. The third kappa shape index (κ3) is 5.01. The first-order chi connectivity index (χ1) is 8.52. The van der Waals surface area contributed by atoms with Crippen LogP contribution in [0.2, 0.25) is 0 Å². The number of rotatable bonds is 6. The molecule has 1 aromatic heterocycles. The van der Waals surface area contributed by atoms with E-state index in [-0.39, 0.29) is 6.03 Å². The first-order valence-electron chi connectivity index (χ1n) is 6.15. The van der Waals surface area contributed by atoms with Crippen LogP contribution in [0.15, 0.2) is 0 Å². The number of thiazole rings is 1. The monoisotopic (exact) mass is 271 g/mol. The molecule has 0 saturated carbocycles. The van der Waals surface area contributed by atoms with E-state index >= 15 is 0 Å². The van der Waals surface area contributed by atoms with Gasteiger partial charge in [0.05, 0.1) is 23.4 Å². The Morgan fingerprint density at radius 2 is 2.17 bits per heavy atom. The van der Waals surface area contributed by atoms with E-state index < -0.39 is 6.10 Å². The number of nitrogens with one attached hydrogen (secondary N) is 2. The predicted molar refractivity (Wildman–Crippen MR) is 72.7 cm³/mol. The Kier molecular flexibility index (Phi) is 6.07. The molecule has 1 unspecified atom stereocenters. The third-order valence-corrected chi connectivity index (χ3v) is 3.60. The van der Waals surface area contributed by atoms with Crippen molar-refractivity contribution in [3.8, 4) is 0 Å². The van der Waals surface area contributed by atoms with E-state index in [1.165, 1.54) is 0 Å². The van der Waals surface area contributed by atoms with Crippen molar-refractivity contribution in [3.63, 3.8) is 0 Å². The lowest BCUT2D eigenvalue weighted by atomic mass is 10.2. The third-order valence-electron chi connectivity index (χ3n) is 2.53. The first kappa shape index (κ1) is 14.9. The Balaban J connectivity index is 2.27. The van der Waals surface area contributed by atoms with Crippen molar-refractivity contribution in [2.24, 2.45) is 0 Å². The Hall–Kier alpha value is -1.14. The molecule has 3 N–H and O–H groups in total. The first-order valence-corrected chi connectivity index (χ1v) is 6.97. The zero-order valence-corrected chi connectivity index (χ0v) is 11.9. The fourth-order valence-corrected chi connectivity index (χ4v) is 2.48. The summed E-state index contributed by atoms with van der Waals surface area (Å²) in [4.78, 5) is 16.9. The molecule has 0 spiro atoms. The number of amides is 2. The van der Waals surface area contributed by atoms with E-state index in [2.05, 4.69) is 15.6 Å². The summed E-state index contributed by atoms with van der Waals surface area (Å²) in [5.74, 6) is 0. The molecule has 0 bridgehead atoms. The number of aromatic nitrogens is 1. The van der Waals surface area contributed by atoms with Gasteiger partial charge in [-0.05, 0) is 20.3 Å². The van der Waals surface area contributed by atoms with E-state index in [9.17, 15) is 9.90 Å². The highest BCUT2D eigenvalue weighted by Gasteiger charge is 2.08. The zero-order chi connectivity index (χ0) is 13.5. The highest BCUT2D eigenvalue weighted by atomic mass is 32.1. The fourth-order valence-electron chi connectivity index (χ4n) is 1.61. The smallest absolute Gasteiger partial charge is 0.315 e. The van der Waals surface area contributed by atoms with Crippen LogP contribution in [-0.4, -0.2) is 28.8 Å². The molecule has 0 aromatic carbocycles. The van der Waals surface area contributed by atoms with Gasteiger partial charge in [0.25, 0.3) is 0 Å². The van der Waals surface area contributed by atoms with Crippen molar-refractivity contribution in [2.75, 3.05) is 6.54 Å². The van der Waals surface area contributed by atoms with Crippen LogP contribution in [0.5, 0.6) is 0 Å². The maximum Gasteiger partial charge on any atom is 0.315 e. The molecule has 0 aliphatic carbocycles. The second-order valence-corrected chi connectivity index (χ2v) is 5.54. The summed E-state index contributed by atoms with van der Waals surface area (Å²) in [6.07, 6.45) is 1.14. The SMILES string of the molecule is CCCC(O)CNC(=O)NCc1sc(C)nc1C. The minimum Gasteiger partial charge on any atom is -0.391 e. The number of aryl methyl sites for hydroxylation is 2. The van der Waals surface area contributed by atoms with Crippen molar-refractivity contribution in [3.05, 3.63) is 15.6 Å². The van der Waals surface area contributed by atoms with Crippen LogP contribution in [0.3, 0.4) is 0 Å². The highest BCUT2D eigenvalue weighted by molar-refractivity contribution is 7.11. The summed E-state index contributed by atoms with van der Waals surface area (Å²) in [5.41, 5.74) is 0.962. The Labute approximate surface area is 112 Å². The van der Waals surface area contributed by atoms with Crippen LogP contribution in [-0.2, 0) is 6.54 Å². The van der Waals surface area contributed by atoms with Gasteiger partial charge in [-0.3, -0.25) is 0 Å². The van der Waals surface area contributed by atoms with Crippen molar-refractivity contribution in [2.45, 2.75) is 46.3 Å². The molecule has 0 radical (unpaired) electrons. The summed E-state index contributed by atoms with van der Waals surface area (Å²) >= 11 is 1.59. The molecule has 1 heterocycles. The van der Waals surface area contributed by atoms with Crippen LogP contribution in [0.25, 0.3) is 0 Å². The van der Waals surface area contributed by atoms with Gasteiger partial charge in [-0.1, -0.05) is 13.3 Å². The molecule has 0 aliphatic rings. The molecule has 102 valence electrons. The molecule has 18 heavy (non-hydrogen) atoms. The van der Waals surface area contributed by atoms with E-state index in [0.717, 1.165) is 22.0 Å². The average molecular weight is 271 g/mol. The highest BCUT2D eigenvalue weighted by Crippen LogP contribution is 2.16. The maximum atomic E-state index is 11.5. The molecular formula is C12H21N3O2S. The molecule has 6 heteroatoms. The van der Waals surface area contributed by atoms with Gasteiger partial charge in [0.15, 0.2) is 0 Å². The number of aliphatic hydroxyl groups is 1. The second kappa shape index (κ2) is 7.33. The summed E-state index contributed by atoms with van der Waals surface area (Å²) < 4.78 is 0. The van der Waals surface area contributed by atoms with Crippen molar-refractivity contribution in [1.82, 2.24) is 15.6 Å². The van der Waals surface area contributed by atoms with Gasteiger partial charge in [-0.2, -0.15) is 0 Å². The standard InChI is InChI=1S/C12H21N3O2S/c1-4-5-10(16)6-13-12(17)14-7-11-8(2)15-9(3)18-11/h10,16H,4-7H2,1-3H3,(H2,13,14,17). The van der Waals surface area contributed by atoms with Gasteiger partial charge in [-0.25, -0.2) is 9.78 Å². The maximum absolute atomic E-state index is 11.5. The molecule has 2 amide bonds. The molecule has 1 rings (SSSR count). The average Bonchev–Trinajstić information content (AvgIpc) is 2.63. The van der Waals surface area contributed by atoms with Gasteiger partial charge in [-0.15, -0.1) is 11.3 Å². The minimum atomic E-state index is -0.465. The molecule has 0 saturated heterocycles. The fraction of sp³-hybridized carbons (Fsp3) is 0.667. The topological polar surface area (TPSA) is 74.2 Å². The lowest BCUT2D eigenvalue weighted by Crippen LogP contribution is -2.39. The van der Waals surface area contributed by atoms with Gasteiger partial charge >= 0.3 is 6.03 Å². The van der Waals surface area contributed by atoms with Crippen LogP contribution < -0.4 is 10.6 Å². The van der Waals surface area contributed by atoms with E-state index in [1.807, 2.05) is 20.8 Å². The number of carbonyl (C=O) groups excluding carboxylic acids is 1. The molecule has 1 aromatic rings. The van der Waals surface area contributed by atoms with Crippen LogP contribution >= 0.6 is 11.3 Å². The number of nitrogens with zero attached hydrogens (tertiary/aromatic N) is 1. The van der Waals surface area contributed by atoms with Gasteiger partial charge < -0.3 is 15.7 Å². The van der Waals surface area contributed by atoms with Crippen molar-refractivity contribution in [1.29, 1.82) is 0 Å². The summed E-state index contributed by atoms with van der Waals surface area (Å²) in [6.45, 7) is 6.65. The number of aliphatic hydroxyl groups excluding tert-OH is 1. The molecule has 0 aliphatic heterocycles. The van der Waals surface area contributed by atoms with Crippen LogP contribution in [0.4, 0.5) is 4.79 Å². The van der Waals surface area contributed by atoms with Crippen LogP contribution in [0.1, 0.15) is 35.3 Å². The van der Waals surface area contributed by atoms with Crippen LogP contribution in [0, 0.1) is 13.8 Å². The van der Waals surface area contributed by atoms with E-state index in [4.69, 9.17) is 0 Å². The van der Waals surface area contributed by atoms with E-state index in [1.54, 1.807) is 11.3 Å². The second-order valence-electron chi connectivity index (χ2n) is 4.25. The number of hydrogen-bond donors (Lipinski definition) is 3. The molecule has 5 nitrogen and oxygen atoms in total. The van der Waals surface area contributed by atoms with Gasteiger partial charge in [0.2, 0.25) is 0 Å². The normalized spacial score (nSPS) is 12.2. The molecule has 1 atom stereocenters. The lowest BCUT2D eigenvalue weighted by molar-refractivity contribution is 0.160. The van der Waals surface area contributed by atoms with Gasteiger partial charge in [0, 0.05) is 11.4 Å². The Bertz CT molecular complexity index is 393. The largest absolute Gasteiger partial charge is 0.391 e. The van der Waals surface area contributed by atoms with E-state index in [0.29, 0.717) is 19.5 Å². The Morgan fingerprint density at radius 1 is 1.44 bits per heavy atom. The lowest BCUT2D eigenvalue weighted by Gasteiger charge is -2.11. The molecular weight excluding hydrogens is 250 g/mol. The summed E-state index contributed by atoms with van der Waals surface area (Å²) in [5, 5.41) is 15.9.